The van der Waals surface area contributed by atoms with E-state index in [4.69, 9.17) is 0 Å². The molecule has 0 bridgehead atoms. The van der Waals surface area contributed by atoms with E-state index in [1.807, 2.05) is 0 Å². The van der Waals surface area contributed by atoms with Crippen LogP contribution in [-0.2, 0) is 6.42 Å². The van der Waals surface area contributed by atoms with Crippen LogP contribution in [0.4, 0.5) is 0 Å². The highest BCUT2D eigenvalue weighted by atomic mass is 16.2. The number of fused-ring (bicyclic) bond motifs is 5. The Morgan fingerprint density at radius 2 is 1.75 bits per heavy atom. The Kier molecular flexibility index (Phi) is 2.24. The molecule has 0 heterocycles. The minimum atomic E-state index is -0.246. The molecule has 2 aromatic carbocycles. The first-order valence-electron chi connectivity index (χ1n) is 7.23. The molecular formula is C18H16O2. The molecule has 0 spiro atoms. The highest BCUT2D eigenvalue weighted by molar-refractivity contribution is 5.81. The lowest BCUT2D eigenvalue weighted by Crippen LogP contribution is -2.45. The third-order valence-electron chi connectivity index (χ3n) is 5.20. The monoisotopic (exact) mass is 264 g/mol. The Morgan fingerprint density at radius 3 is 2.55 bits per heavy atom. The van der Waals surface area contributed by atoms with E-state index in [0.29, 0.717) is 0 Å². The number of allylic oxidation sites excluding steroid dienone is 2. The Morgan fingerprint density at radius 1 is 1.05 bits per heavy atom. The zero-order valence-corrected chi connectivity index (χ0v) is 11.7. The molecule has 2 heteroatoms. The molecule has 0 unspecified atom stereocenters. The van der Waals surface area contributed by atoms with Crippen molar-refractivity contribution in [2.75, 3.05) is 0 Å². The molecule has 2 atom stereocenters. The molecule has 20 heavy (non-hydrogen) atoms. The third kappa shape index (κ3) is 1.24. The van der Waals surface area contributed by atoms with Gasteiger partial charge in [-0.15, -0.1) is 0 Å². The lowest BCUT2D eigenvalue weighted by Gasteiger charge is -2.38. The summed E-state index contributed by atoms with van der Waals surface area (Å²) in [7, 11) is 0. The number of rotatable bonds is 0. The van der Waals surface area contributed by atoms with E-state index in [1.54, 1.807) is 0 Å². The zero-order chi connectivity index (χ0) is 14.0. The average molecular weight is 264 g/mol. The van der Waals surface area contributed by atoms with Gasteiger partial charge < -0.3 is 0 Å². The molecule has 0 saturated heterocycles. The van der Waals surface area contributed by atoms with Gasteiger partial charge in [0.1, 0.15) is 0 Å². The highest BCUT2D eigenvalue weighted by Gasteiger charge is 2.40. The fraction of sp³-hybridized carbons (Fsp3) is 0.333. The molecule has 0 amide bonds. The molecule has 0 saturated carbocycles. The van der Waals surface area contributed by atoms with Crippen LogP contribution in [-0.4, -0.2) is 0 Å². The maximum absolute atomic E-state index is 12.0. The van der Waals surface area contributed by atoms with Gasteiger partial charge in [-0.2, -0.15) is 0 Å². The van der Waals surface area contributed by atoms with Crippen LogP contribution in [0.5, 0.6) is 0 Å². The van der Waals surface area contributed by atoms with Crippen LogP contribution in [0.1, 0.15) is 54.4 Å². The van der Waals surface area contributed by atoms with Crippen LogP contribution in [0.15, 0.2) is 39.4 Å². The topological polar surface area (TPSA) is 34.1 Å². The van der Waals surface area contributed by atoms with Crippen LogP contribution < -0.4 is 10.9 Å². The predicted molar refractivity (Wildman–Crippen MR) is 79.9 cm³/mol. The minimum absolute atomic E-state index is 0.0904. The van der Waals surface area contributed by atoms with E-state index in [0.717, 1.165) is 24.0 Å². The van der Waals surface area contributed by atoms with Gasteiger partial charge in [-0.25, -0.2) is 0 Å². The smallest absolute Gasteiger partial charge is 0.230 e. The number of benzene rings is 1. The van der Waals surface area contributed by atoms with Crippen LogP contribution in [0, 0.1) is 0 Å². The maximum atomic E-state index is 12.0. The van der Waals surface area contributed by atoms with Crippen molar-refractivity contribution in [3.8, 4) is 0 Å². The summed E-state index contributed by atoms with van der Waals surface area (Å²) in [4.78, 5) is 23.8. The first-order valence-corrected chi connectivity index (χ1v) is 7.23. The van der Waals surface area contributed by atoms with E-state index in [2.05, 4.69) is 38.1 Å². The fourth-order valence-corrected chi connectivity index (χ4v) is 4.06. The van der Waals surface area contributed by atoms with Crippen LogP contribution >= 0.6 is 0 Å². The van der Waals surface area contributed by atoms with Crippen molar-refractivity contribution in [2.45, 2.75) is 38.5 Å². The first kappa shape index (κ1) is 11.8. The molecule has 2 aliphatic carbocycles. The van der Waals surface area contributed by atoms with Crippen molar-refractivity contribution >= 4 is 5.57 Å². The van der Waals surface area contributed by atoms with Gasteiger partial charge in [0.15, 0.2) is 0 Å². The number of aryl methyl sites for hydroxylation is 1. The summed E-state index contributed by atoms with van der Waals surface area (Å²) in [6, 6.07) is 8.46. The molecule has 0 fully saturated rings. The lowest BCUT2D eigenvalue weighted by atomic mass is 9.64. The van der Waals surface area contributed by atoms with Crippen LogP contribution in [0.25, 0.3) is 5.57 Å². The van der Waals surface area contributed by atoms with Gasteiger partial charge in [-0.1, -0.05) is 36.8 Å². The van der Waals surface area contributed by atoms with E-state index in [9.17, 15) is 9.59 Å². The second-order valence-corrected chi connectivity index (χ2v) is 6.05. The Labute approximate surface area is 117 Å². The number of hydrogen-bond acceptors (Lipinski definition) is 2. The minimum Gasteiger partial charge on any atom is -0.285 e. The Hall–Kier alpha value is -1.96. The first-order chi connectivity index (χ1) is 9.61. The molecule has 2 aromatic rings. The summed E-state index contributed by atoms with van der Waals surface area (Å²) in [5, 5.41) is 0. The van der Waals surface area contributed by atoms with Gasteiger partial charge in [0.25, 0.3) is 0 Å². The van der Waals surface area contributed by atoms with Crippen LogP contribution in [0.3, 0.4) is 0 Å². The molecule has 2 nitrogen and oxygen atoms in total. The average Bonchev–Trinajstić information content (AvgIpc) is 2.48. The molecule has 0 aromatic heterocycles. The van der Waals surface area contributed by atoms with Gasteiger partial charge >= 0.3 is 0 Å². The summed E-state index contributed by atoms with van der Waals surface area (Å²) < 4.78 is 0. The fourth-order valence-electron chi connectivity index (χ4n) is 4.06. The van der Waals surface area contributed by atoms with E-state index in [1.165, 1.54) is 22.3 Å². The lowest BCUT2D eigenvalue weighted by molar-refractivity contribution is 0.660. The SMILES string of the molecule is CC1=C2c3ccccc3CC[C@H]2c2c(c(=O)c2=O)[C@H]1C. The van der Waals surface area contributed by atoms with Crippen molar-refractivity contribution in [2.24, 2.45) is 0 Å². The van der Waals surface area contributed by atoms with Crippen LogP contribution in [0.2, 0.25) is 0 Å². The van der Waals surface area contributed by atoms with E-state index < -0.39 is 0 Å². The summed E-state index contributed by atoms with van der Waals surface area (Å²) in [5.41, 5.74) is 6.35. The van der Waals surface area contributed by atoms with Gasteiger partial charge in [0.2, 0.25) is 10.9 Å². The van der Waals surface area contributed by atoms with Gasteiger partial charge in [-0.05, 0) is 36.5 Å². The van der Waals surface area contributed by atoms with E-state index >= 15 is 0 Å². The highest BCUT2D eigenvalue weighted by Crippen LogP contribution is 2.50. The normalized spacial score (nSPS) is 24.3. The quantitative estimate of drug-likeness (QED) is 0.686. The van der Waals surface area contributed by atoms with Crippen molar-refractivity contribution in [3.63, 3.8) is 0 Å². The summed E-state index contributed by atoms with van der Waals surface area (Å²) in [5.74, 6) is 0.244. The second-order valence-electron chi connectivity index (χ2n) is 6.05. The van der Waals surface area contributed by atoms with Crippen molar-refractivity contribution in [1.82, 2.24) is 0 Å². The molecular weight excluding hydrogens is 248 g/mol. The number of hydrogen-bond donors (Lipinski definition) is 0. The molecule has 2 aliphatic rings. The van der Waals surface area contributed by atoms with Gasteiger partial charge in [-0.3, -0.25) is 9.59 Å². The molecule has 4 rings (SSSR count). The Balaban J connectivity index is 2.01. The van der Waals surface area contributed by atoms with E-state index in [-0.39, 0.29) is 22.7 Å². The predicted octanol–water partition coefficient (Wildman–Crippen LogP) is 2.90. The molecule has 0 N–H and O–H groups in total. The van der Waals surface area contributed by atoms with Crippen molar-refractivity contribution < 1.29 is 0 Å². The summed E-state index contributed by atoms with van der Waals surface area (Å²) >= 11 is 0. The third-order valence-corrected chi connectivity index (χ3v) is 5.20. The second kappa shape index (κ2) is 3.78. The largest absolute Gasteiger partial charge is 0.285 e. The van der Waals surface area contributed by atoms with Crippen molar-refractivity contribution in [1.29, 1.82) is 0 Å². The Bertz CT molecular complexity index is 831. The van der Waals surface area contributed by atoms with Gasteiger partial charge in [0.05, 0.1) is 0 Å². The molecule has 0 aliphatic heterocycles. The standard InChI is InChI=1S/C18H16O2/c1-9-10(2)15-16(18(20)17(15)19)13-8-7-11-5-3-4-6-12(11)14(9)13/h3-6,10,13H,7-8H2,1-2H3/t10-,13+/m0/s1. The summed E-state index contributed by atoms with van der Waals surface area (Å²) in [6.07, 6.45) is 1.94. The zero-order valence-electron chi connectivity index (χ0n) is 11.7. The maximum Gasteiger partial charge on any atom is 0.230 e. The molecule has 100 valence electrons. The van der Waals surface area contributed by atoms with Crippen molar-refractivity contribution in [3.05, 3.63) is 72.5 Å². The van der Waals surface area contributed by atoms with Gasteiger partial charge in [0, 0.05) is 23.0 Å². The molecule has 0 radical (unpaired) electrons. The summed E-state index contributed by atoms with van der Waals surface area (Å²) in [6.45, 7) is 4.17.